The van der Waals surface area contributed by atoms with Crippen LogP contribution in [0.4, 0.5) is 34.6 Å². The Labute approximate surface area is 188 Å². The number of hydrogen-bond acceptors (Lipinski definition) is 5. The molecule has 0 fully saturated rings. The third kappa shape index (κ3) is 5.86. The van der Waals surface area contributed by atoms with E-state index in [0.29, 0.717) is 10.6 Å². The predicted molar refractivity (Wildman–Crippen MR) is 113 cm³/mol. The van der Waals surface area contributed by atoms with Crippen LogP contribution in [0.5, 0.6) is 0 Å². The highest BCUT2D eigenvalue weighted by atomic mass is 32.2. The summed E-state index contributed by atoms with van der Waals surface area (Å²) in [6.45, 7) is 0. The molecule has 0 heterocycles. The number of carbonyl (C=O) groups excluding carboxylic acids is 2. The minimum absolute atomic E-state index is 0.0303. The van der Waals surface area contributed by atoms with E-state index >= 15 is 0 Å². The van der Waals surface area contributed by atoms with E-state index < -0.39 is 45.7 Å². The number of halogens is 4. The van der Waals surface area contributed by atoms with Crippen LogP contribution in [0, 0.1) is 33.4 Å². The highest BCUT2D eigenvalue weighted by Gasteiger charge is 2.21. The molecule has 0 aliphatic rings. The van der Waals surface area contributed by atoms with Gasteiger partial charge in [-0.3, -0.25) is 19.7 Å². The summed E-state index contributed by atoms with van der Waals surface area (Å²) in [5, 5.41) is 15.2. The second-order valence-electron chi connectivity index (χ2n) is 6.47. The summed E-state index contributed by atoms with van der Waals surface area (Å²) < 4.78 is 53.8. The number of nitrogens with zero attached hydrogens (tertiary/aromatic N) is 1. The molecular formula is C21H13F4N3O4S. The van der Waals surface area contributed by atoms with Gasteiger partial charge in [-0.15, -0.1) is 11.8 Å². The second kappa shape index (κ2) is 10.1. The molecule has 170 valence electrons. The van der Waals surface area contributed by atoms with E-state index in [9.17, 15) is 37.3 Å². The molecule has 3 aromatic carbocycles. The summed E-state index contributed by atoms with van der Waals surface area (Å²) in [6.07, 6.45) is 0. The van der Waals surface area contributed by atoms with E-state index in [0.717, 1.165) is 17.8 Å². The van der Waals surface area contributed by atoms with Crippen LogP contribution in [0.2, 0.25) is 0 Å². The summed E-state index contributed by atoms with van der Waals surface area (Å²) in [7, 11) is 0. The minimum atomic E-state index is -1.72. The van der Waals surface area contributed by atoms with Gasteiger partial charge < -0.3 is 10.6 Å². The summed E-state index contributed by atoms with van der Waals surface area (Å²) in [4.78, 5) is 35.1. The van der Waals surface area contributed by atoms with Crippen molar-refractivity contribution < 1.29 is 32.1 Å². The number of non-ortho nitro benzene ring substituents is 1. The van der Waals surface area contributed by atoms with Gasteiger partial charge in [-0.25, -0.2) is 17.6 Å². The first-order chi connectivity index (χ1) is 15.7. The highest BCUT2D eigenvalue weighted by Crippen LogP contribution is 2.26. The van der Waals surface area contributed by atoms with Gasteiger partial charge in [0.1, 0.15) is 5.69 Å². The van der Waals surface area contributed by atoms with E-state index in [1.165, 1.54) is 24.3 Å². The second-order valence-corrected chi connectivity index (χ2v) is 7.52. The van der Waals surface area contributed by atoms with Crippen LogP contribution < -0.4 is 10.6 Å². The fourth-order valence-electron chi connectivity index (χ4n) is 2.63. The lowest BCUT2D eigenvalue weighted by molar-refractivity contribution is -0.384. The molecule has 0 aliphatic heterocycles. The largest absolute Gasteiger partial charge is 0.322 e. The number of nitro benzene ring substituents is 1. The smallest absolute Gasteiger partial charge is 0.270 e. The van der Waals surface area contributed by atoms with Gasteiger partial charge in [-0.2, -0.15) is 0 Å². The number of rotatable bonds is 7. The number of nitro groups is 1. The first kappa shape index (κ1) is 23.7. The lowest BCUT2D eigenvalue weighted by Gasteiger charge is -2.10. The molecular weight excluding hydrogens is 466 g/mol. The van der Waals surface area contributed by atoms with Crippen molar-refractivity contribution in [1.29, 1.82) is 0 Å². The number of hydrogen-bond donors (Lipinski definition) is 2. The minimum Gasteiger partial charge on any atom is -0.322 e. The molecule has 0 radical (unpaired) electrons. The number of nitrogens with one attached hydrogen (secondary N) is 2. The average Bonchev–Trinajstić information content (AvgIpc) is 2.79. The van der Waals surface area contributed by atoms with Crippen molar-refractivity contribution in [3.63, 3.8) is 0 Å². The van der Waals surface area contributed by atoms with E-state index in [1.54, 1.807) is 23.5 Å². The van der Waals surface area contributed by atoms with Crippen LogP contribution in [0.15, 0.2) is 59.5 Å². The van der Waals surface area contributed by atoms with Gasteiger partial charge in [0.15, 0.2) is 23.3 Å². The Morgan fingerprint density at radius 2 is 1.58 bits per heavy atom. The van der Waals surface area contributed by atoms with Gasteiger partial charge in [-0.1, -0.05) is 12.1 Å². The SMILES string of the molecule is O=C(CSc1cccc(NC(=O)c2cccc([N+](=O)[O-])c2)c1)Nc1c(F)c(F)cc(F)c1F. The van der Waals surface area contributed by atoms with Crippen molar-refractivity contribution in [2.75, 3.05) is 16.4 Å². The van der Waals surface area contributed by atoms with Crippen molar-refractivity contribution >= 4 is 40.6 Å². The van der Waals surface area contributed by atoms with Crippen LogP contribution in [0.3, 0.4) is 0 Å². The molecule has 0 bridgehead atoms. The maximum absolute atomic E-state index is 13.7. The standard InChI is InChI=1S/C21H13F4N3O4S/c22-15-9-16(23)19(25)20(18(15)24)27-17(29)10-33-14-6-2-4-12(8-14)26-21(30)11-3-1-5-13(7-11)28(31)32/h1-9H,10H2,(H,26,30)(H,27,29). The Morgan fingerprint density at radius 1 is 0.909 bits per heavy atom. The fourth-order valence-corrected chi connectivity index (χ4v) is 3.39. The predicted octanol–water partition coefficient (Wildman–Crippen LogP) is 5.13. The van der Waals surface area contributed by atoms with E-state index in [1.807, 2.05) is 0 Å². The number of anilines is 2. The Kier molecular flexibility index (Phi) is 7.28. The Morgan fingerprint density at radius 3 is 2.24 bits per heavy atom. The first-order valence-corrected chi connectivity index (χ1v) is 10.1. The molecule has 0 saturated carbocycles. The van der Waals surface area contributed by atoms with Gasteiger partial charge in [0.2, 0.25) is 5.91 Å². The molecule has 0 atom stereocenters. The highest BCUT2D eigenvalue weighted by molar-refractivity contribution is 8.00. The van der Waals surface area contributed by atoms with Crippen LogP contribution in [0.25, 0.3) is 0 Å². The summed E-state index contributed by atoms with van der Waals surface area (Å²) in [5.74, 6) is -8.63. The number of carbonyl (C=O) groups is 2. The molecule has 3 aromatic rings. The molecule has 3 rings (SSSR count). The molecule has 0 spiro atoms. The zero-order chi connectivity index (χ0) is 24.1. The maximum Gasteiger partial charge on any atom is 0.270 e. The number of amides is 2. The van der Waals surface area contributed by atoms with Gasteiger partial charge in [0.05, 0.1) is 10.7 Å². The van der Waals surface area contributed by atoms with Gasteiger partial charge in [0, 0.05) is 34.3 Å². The molecule has 2 amide bonds. The topological polar surface area (TPSA) is 101 Å². The lowest BCUT2D eigenvalue weighted by atomic mass is 10.2. The van der Waals surface area contributed by atoms with Crippen molar-refractivity contribution in [2.24, 2.45) is 0 Å². The van der Waals surface area contributed by atoms with Crippen LogP contribution >= 0.6 is 11.8 Å². The molecule has 0 aliphatic carbocycles. The van der Waals surface area contributed by atoms with Crippen molar-refractivity contribution in [3.8, 4) is 0 Å². The van der Waals surface area contributed by atoms with Gasteiger partial charge in [0.25, 0.3) is 11.6 Å². The number of thioether (sulfide) groups is 1. The average molecular weight is 479 g/mol. The third-order valence-corrected chi connectivity index (χ3v) is 5.15. The fraction of sp³-hybridized carbons (Fsp3) is 0.0476. The lowest BCUT2D eigenvalue weighted by Crippen LogP contribution is -2.17. The molecule has 2 N–H and O–H groups in total. The normalized spacial score (nSPS) is 10.5. The van der Waals surface area contributed by atoms with Crippen LogP contribution in [0.1, 0.15) is 10.4 Å². The van der Waals surface area contributed by atoms with Gasteiger partial charge in [-0.05, 0) is 24.3 Å². The van der Waals surface area contributed by atoms with E-state index in [2.05, 4.69) is 5.32 Å². The van der Waals surface area contributed by atoms with Crippen LogP contribution in [-0.4, -0.2) is 22.5 Å². The van der Waals surface area contributed by atoms with Crippen molar-refractivity contribution in [2.45, 2.75) is 4.90 Å². The Hall–Kier alpha value is -3.93. The molecule has 12 heteroatoms. The van der Waals surface area contributed by atoms with E-state index in [-0.39, 0.29) is 23.1 Å². The first-order valence-electron chi connectivity index (χ1n) is 9.07. The van der Waals surface area contributed by atoms with Crippen molar-refractivity contribution in [1.82, 2.24) is 0 Å². The third-order valence-electron chi connectivity index (χ3n) is 4.16. The molecule has 0 unspecified atom stereocenters. The molecule has 33 heavy (non-hydrogen) atoms. The molecule has 0 saturated heterocycles. The van der Waals surface area contributed by atoms with Gasteiger partial charge >= 0.3 is 0 Å². The van der Waals surface area contributed by atoms with E-state index in [4.69, 9.17) is 0 Å². The Bertz CT molecular complexity index is 1230. The van der Waals surface area contributed by atoms with Crippen LogP contribution in [-0.2, 0) is 4.79 Å². The summed E-state index contributed by atoms with van der Waals surface area (Å²) >= 11 is 0.926. The van der Waals surface area contributed by atoms with Crippen molar-refractivity contribution in [3.05, 3.63) is 93.5 Å². The number of benzene rings is 3. The molecule has 7 nitrogen and oxygen atoms in total. The molecule has 0 aromatic heterocycles. The summed E-state index contributed by atoms with van der Waals surface area (Å²) in [6, 6.07) is 11.3. The monoisotopic (exact) mass is 479 g/mol. The quantitative estimate of drug-likeness (QED) is 0.161. The zero-order valence-electron chi connectivity index (χ0n) is 16.4. The summed E-state index contributed by atoms with van der Waals surface area (Å²) in [5.41, 5.74) is -1.09. The maximum atomic E-state index is 13.7. The zero-order valence-corrected chi connectivity index (χ0v) is 17.2. The Balaban J connectivity index is 1.64.